The van der Waals surface area contributed by atoms with Crippen LogP contribution < -0.4 is 5.32 Å². The van der Waals surface area contributed by atoms with Crippen molar-refractivity contribution in [2.75, 3.05) is 6.54 Å². The average Bonchev–Trinajstić information content (AvgIpc) is 2.75. The molecule has 6 heteroatoms. The van der Waals surface area contributed by atoms with Gasteiger partial charge in [-0.15, -0.1) is 0 Å². The van der Waals surface area contributed by atoms with Gasteiger partial charge in [-0.2, -0.15) is 13.2 Å². The Morgan fingerprint density at radius 3 is 2.37 bits per heavy atom. The lowest BCUT2D eigenvalue weighted by molar-refractivity contribution is -0.137. The summed E-state index contributed by atoms with van der Waals surface area (Å²) in [6.45, 7) is 0.474. The number of halogens is 3. The molecular formula is C13H12F3NO2. The summed E-state index contributed by atoms with van der Waals surface area (Å²) in [5.74, 6) is -1.21. The third kappa shape index (κ3) is 3.13. The monoisotopic (exact) mass is 271 g/mol. The number of Topliss-reactive ketones (excluding diaryl/α,β-unsaturated/α-hetero) is 1. The lowest BCUT2D eigenvalue weighted by Crippen LogP contribution is -2.26. The second kappa shape index (κ2) is 5.03. The van der Waals surface area contributed by atoms with E-state index in [2.05, 4.69) is 5.32 Å². The maximum atomic E-state index is 12.4. The Labute approximate surface area is 107 Å². The highest BCUT2D eigenvalue weighted by Gasteiger charge is 2.32. The van der Waals surface area contributed by atoms with Gasteiger partial charge in [-0.25, -0.2) is 0 Å². The minimum Gasteiger partial charge on any atom is -0.355 e. The van der Waals surface area contributed by atoms with Crippen LogP contribution in [0.5, 0.6) is 0 Å². The van der Waals surface area contributed by atoms with Crippen molar-refractivity contribution in [2.45, 2.75) is 19.0 Å². The van der Waals surface area contributed by atoms with E-state index in [-0.39, 0.29) is 18.1 Å². The molecule has 0 spiro atoms. The molecule has 19 heavy (non-hydrogen) atoms. The molecule has 1 amide bonds. The number of ketones is 1. The Hall–Kier alpha value is -1.85. The summed E-state index contributed by atoms with van der Waals surface area (Å²) < 4.78 is 37.1. The van der Waals surface area contributed by atoms with Gasteiger partial charge in [-0.1, -0.05) is 12.1 Å². The summed E-state index contributed by atoms with van der Waals surface area (Å²) in [4.78, 5) is 23.1. The van der Waals surface area contributed by atoms with Crippen LogP contribution in [-0.4, -0.2) is 18.2 Å². The smallest absolute Gasteiger partial charge is 0.355 e. The van der Waals surface area contributed by atoms with E-state index in [1.54, 1.807) is 0 Å². The Morgan fingerprint density at radius 1 is 1.26 bits per heavy atom. The summed E-state index contributed by atoms with van der Waals surface area (Å²) in [5, 5.41) is 2.56. The van der Waals surface area contributed by atoms with Crippen molar-refractivity contribution in [1.29, 1.82) is 0 Å². The molecule has 2 rings (SSSR count). The van der Waals surface area contributed by atoms with Gasteiger partial charge in [0.2, 0.25) is 5.91 Å². The minimum atomic E-state index is -4.38. The van der Waals surface area contributed by atoms with Gasteiger partial charge in [0.15, 0.2) is 0 Å². The van der Waals surface area contributed by atoms with Gasteiger partial charge in [0.1, 0.15) is 5.78 Å². The average molecular weight is 271 g/mol. The van der Waals surface area contributed by atoms with Crippen LogP contribution in [0.3, 0.4) is 0 Å². The van der Waals surface area contributed by atoms with Crippen LogP contribution in [0.4, 0.5) is 13.2 Å². The second-order valence-corrected chi connectivity index (χ2v) is 4.47. The SMILES string of the molecule is O=C(Cc1ccc(C(F)(F)F)cc1)C1CCNC1=O. The van der Waals surface area contributed by atoms with Crippen LogP contribution in [-0.2, 0) is 22.2 Å². The quantitative estimate of drug-likeness (QED) is 0.854. The molecule has 1 aromatic rings. The number of hydrogen-bond acceptors (Lipinski definition) is 2. The first-order chi connectivity index (χ1) is 8.88. The van der Waals surface area contributed by atoms with E-state index < -0.39 is 17.7 Å². The molecule has 0 aliphatic carbocycles. The third-order valence-electron chi connectivity index (χ3n) is 3.10. The predicted octanol–water partition coefficient (Wildman–Crippen LogP) is 1.95. The highest BCUT2D eigenvalue weighted by Crippen LogP contribution is 2.29. The molecule has 1 atom stereocenters. The number of amides is 1. The molecule has 3 nitrogen and oxygen atoms in total. The second-order valence-electron chi connectivity index (χ2n) is 4.47. The van der Waals surface area contributed by atoms with Crippen molar-refractivity contribution in [3.8, 4) is 0 Å². The number of hydrogen-bond donors (Lipinski definition) is 1. The Morgan fingerprint density at radius 2 is 1.89 bits per heavy atom. The molecule has 0 radical (unpaired) electrons. The maximum Gasteiger partial charge on any atom is 0.416 e. The topological polar surface area (TPSA) is 46.2 Å². The molecule has 1 aliphatic heterocycles. The minimum absolute atomic E-state index is 0.0176. The van der Waals surface area contributed by atoms with E-state index in [0.29, 0.717) is 18.5 Å². The Bertz CT molecular complexity index is 494. The van der Waals surface area contributed by atoms with Gasteiger partial charge in [-0.05, 0) is 24.1 Å². The van der Waals surface area contributed by atoms with Gasteiger partial charge >= 0.3 is 6.18 Å². The number of carbonyl (C=O) groups is 2. The van der Waals surface area contributed by atoms with Crippen molar-refractivity contribution < 1.29 is 22.8 Å². The molecule has 1 N–H and O–H groups in total. The maximum absolute atomic E-state index is 12.4. The number of benzene rings is 1. The van der Waals surface area contributed by atoms with Crippen molar-refractivity contribution in [3.05, 3.63) is 35.4 Å². The lowest BCUT2D eigenvalue weighted by atomic mass is 9.96. The van der Waals surface area contributed by atoms with Crippen LogP contribution in [0.1, 0.15) is 17.5 Å². The zero-order valence-electron chi connectivity index (χ0n) is 9.96. The van der Waals surface area contributed by atoms with Gasteiger partial charge in [0.05, 0.1) is 11.5 Å². The van der Waals surface area contributed by atoms with Crippen molar-refractivity contribution in [2.24, 2.45) is 5.92 Å². The fourth-order valence-corrected chi connectivity index (χ4v) is 2.04. The zero-order valence-corrected chi connectivity index (χ0v) is 9.96. The number of carbonyl (C=O) groups excluding carboxylic acids is 2. The van der Waals surface area contributed by atoms with Crippen LogP contribution in [0.25, 0.3) is 0 Å². The molecule has 102 valence electrons. The van der Waals surface area contributed by atoms with E-state index in [4.69, 9.17) is 0 Å². The highest BCUT2D eigenvalue weighted by molar-refractivity contribution is 6.03. The standard InChI is InChI=1S/C13H12F3NO2/c14-13(15,16)9-3-1-8(2-4-9)7-11(18)10-5-6-17-12(10)19/h1-4,10H,5-7H2,(H,17,19). The zero-order chi connectivity index (χ0) is 14.0. The third-order valence-corrected chi connectivity index (χ3v) is 3.10. The summed E-state index contributed by atoms with van der Waals surface area (Å²) in [5.41, 5.74) is -0.264. The summed E-state index contributed by atoms with van der Waals surface area (Å²) in [7, 11) is 0. The molecule has 0 saturated carbocycles. The van der Waals surface area contributed by atoms with E-state index in [9.17, 15) is 22.8 Å². The number of rotatable bonds is 3. The summed E-state index contributed by atoms with van der Waals surface area (Å²) in [6, 6.07) is 4.43. The lowest BCUT2D eigenvalue weighted by Gasteiger charge is -2.08. The highest BCUT2D eigenvalue weighted by atomic mass is 19.4. The van der Waals surface area contributed by atoms with E-state index in [1.807, 2.05) is 0 Å². The summed E-state index contributed by atoms with van der Waals surface area (Å²) in [6.07, 6.45) is -3.94. The molecule has 1 aliphatic rings. The van der Waals surface area contributed by atoms with Crippen LogP contribution >= 0.6 is 0 Å². The molecule has 1 aromatic carbocycles. The Balaban J connectivity index is 2.04. The largest absolute Gasteiger partial charge is 0.416 e. The fraction of sp³-hybridized carbons (Fsp3) is 0.385. The van der Waals surface area contributed by atoms with Crippen molar-refractivity contribution in [3.63, 3.8) is 0 Å². The normalized spacial score (nSPS) is 19.3. The first kappa shape index (κ1) is 13.6. The molecule has 1 heterocycles. The first-order valence-electron chi connectivity index (χ1n) is 5.84. The molecular weight excluding hydrogens is 259 g/mol. The van der Waals surface area contributed by atoms with Crippen molar-refractivity contribution in [1.82, 2.24) is 5.32 Å². The van der Waals surface area contributed by atoms with Crippen LogP contribution in [0, 0.1) is 5.92 Å². The Kier molecular flexibility index (Phi) is 3.59. The fourth-order valence-electron chi connectivity index (χ4n) is 2.04. The first-order valence-corrected chi connectivity index (χ1v) is 5.84. The molecule has 0 bridgehead atoms. The number of alkyl halides is 3. The predicted molar refractivity (Wildman–Crippen MR) is 61.3 cm³/mol. The van der Waals surface area contributed by atoms with Gasteiger partial charge in [0.25, 0.3) is 0 Å². The van der Waals surface area contributed by atoms with E-state index in [0.717, 1.165) is 12.1 Å². The van der Waals surface area contributed by atoms with E-state index in [1.165, 1.54) is 12.1 Å². The molecule has 1 unspecified atom stereocenters. The van der Waals surface area contributed by atoms with Gasteiger partial charge < -0.3 is 5.32 Å². The van der Waals surface area contributed by atoms with Gasteiger partial charge in [0, 0.05) is 13.0 Å². The van der Waals surface area contributed by atoms with Crippen LogP contribution in [0.15, 0.2) is 24.3 Å². The van der Waals surface area contributed by atoms with Gasteiger partial charge in [-0.3, -0.25) is 9.59 Å². The van der Waals surface area contributed by atoms with E-state index >= 15 is 0 Å². The van der Waals surface area contributed by atoms with Crippen LogP contribution in [0.2, 0.25) is 0 Å². The number of nitrogens with one attached hydrogen (secondary N) is 1. The van der Waals surface area contributed by atoms with Crippen molar-refractivity contribution >= 4 is 11.7 Å². The molecule has 1 fully saturated rings. The molecule has 1 saturated heterocycles. The molecule has 0 aromatic heterocycles. The summed E-state index contributed by atoms with van der Waals surface area (Å²) >= 11 is 0.